The van der Waals surface area contributed by atoms with Gasteiger partial charge in [-0.3, -0.25) is 4.79 Å². The lowest BCUT2D eigenvalue weighted by Crippen LogP contribution is -2.13. The molecule has 0 N–H and O–H groups in total. The average Bonchev–Trinajstić information content (AvgIpc) is 2.71. The van der Waals surface area contributed by atoms with Crippen LogP contribution < -0.4 is 0 Å². The Morgan fingerprint density at radius 2 is 2.20 bits per heavy atom. The molecule has 1 aliphatic rings. The molecule has 0 spiro atoms. The molecule has 15 heavy (non-hydrogen) atoms. The average molecular weight is 207 g/mol. The van der Waals surface area contributed by atoms with Gasteiger partial charge in [0.25, 0.3) is 0 Å². The summed E-state index contributed by atoms with van der Waals surface area (Å²) in [6.07, 6.45) is 9.10. The second-order valence-electron chi connectivity index (χ2n) is 4.40. The van der Waals surface area contributed by atoms with Crippen molar-refractivity contribution < 1.29 is 9.32 Å². The van der Waals surface area contributed by atoms with E-state index >= 15 is 0 Å². The van der Waals surface area contributed by atoms with Crippen molar-refractivity contribution in [2.24, 2.45) is 5.92 Å². The van der Waals surface area contributed by atoms with E-state index in [1.54, 1.807) is 12.3 Å². The van der Waals surface area contributed by atoms with Crippen molar-refractivity contribution in [1.29, 1.82) is 0 Å². The number of hydrogen-bond donors (Lipinski definition) is 0. The molecule has 0 unspecified atom stereocenters. The molecule has 1 aromatic heterocycles. The predicted octanol–water partition coefficient (Wildman–Crippen LogP) is 2.76. The number of ketones is 1. The van der Waals surface area contributed by atoms with Crippen LogP contribution in [0.2, 0.25) is 0 Å². The first-order valence-electron chi connectivity index (χ1n) is 5.76. The first kappa shape index (κ1) is 10.4. The maximum atomic E-state index is 11.7. The number of rotatable bonds is 4. The van der Waals surface area contributed by atoms with Crippen LogP contribution in [0.3, 0.4) is 0 Å². The maximum absolute atomic E-state index is 11.7. The fourth-order valence-electron chi connectivity index (χ4n) is 2.31. The van der Waals surface area contributed by atoms with Crippen LogP contribution in [0, 0.1) is 5.92 Å². The Hall–Kier alpha value is -1.12. The van der Waals surface area contributed by atoms with Gasteiger partial charge in [-0.15, -0.1) is 0 Å². The van der Waals surface area contributed by atoms with Gasteiger partial charge in [0.1, 0.15) is 11.5 Å². The van der Waals surface area contributed by atoms with E-state index in [4.69, 9.17) is 4.52 Å². The zero-order valence-electron chi connectivity index (χ0n) is 8.95. The summed E-state index contributed by atoms with van der Waals surface area (Å²) < 4.78 is 4.92. The highest BCUT2D eigenvalue weighted by Crippen LogP contribution is 2.26. The Morgan fingerprint density at radius 1 is 1.40 bits per heavy atom. The number of hydrogen-bond acceptors (Lipinski definition) is 3. The molecule has 1 heterocycles. The summed E-state index contributed by atoms with van der Waals surface area (Å²) in [5, 5.41) is 3.59. The zero-order valence-corrected chi connectivity index (χ0v) is 8.95. The van der Waals surface area contributed by atoms with E-state index in [-0.39, 0.29) is 0 Å². The van der Waals surface area contributed by atoms with Crippen molar-refractivity contribution in [3.05, 3.63) is 18.0 Å². The minimum atomic E-state index is 0.290. The highest BCUT2D eigenvalue weighted by Gasteiger charge is 2.17. The topological polar surface area (TPSA) is 43.1 Å². The molecule has 0 aliphatic heterocycles. The monoisotopic (exact) mass is 207 g/mol. The van der Waals surface area contributed by atoms with E-state index in [1.807, 2.05) is 0 Å². The van der Waals surface area contributed by atoms with Crippen LogP contribution in [-0.4, -0.2) is 10.9 Å². The van der Waals surface area contributed by atoms with Crippen LogP contribution in [0.25, 0.3) is 0 Å². The van der Waals surface area contributed by atoms with Gasteiger partial charge in [-0.2, -0.15) is 0 Å². The normalized spacial score (nSPS) is 17.9. The van der Waals surface area contributed by atoms with Crippen LogP contribution in [0.15, 0.2) is 16.8 Å². The first-order valence-corrected chi connectivity index (χ1v) is 5.76. The molecule has 3 heteroatoms. The Labute approximate surface area is 89.8 Å². The van der Waals surface area contributed by atoms with Crippen molar-refractivity contribution in [3.8, 4) is 0 Å². The third kappa shape index (κ3) is 3.18. The van der Waals surface area contributed by atoms with E-state index in [1.165, 1.54) is 32.1 Å². The molecule has 0 amide bonds. The fraction of sp³-hybridized carbons (Fsp3) is 0.667. The van der Waals surface area contributed by atoms with Crippen LogP contribution >= 0.6 is 0 Å². The third-order valence-corrected chi connectivity index (χ3v) is 3.10. The number of carbonyl (C=O) groups is 1. The molecular weight excluding hydrogens is 190 g/mol. The van der Waals surface area contributed by atoms with Gasteiger partial charge in [-0.1, -0.05) is 37.3 Å². The van der Waals surface area contributed by atoms with Crippen LogP contribution in [-0.2, 0) is 11.2 Å². The van der Waals surface area contributed by atoms with E-state index in [0.29, 0.717) is 23.9 Å². The number of aromatic nitrogens is 1. The Bertz CT molecular complexity index is 299. The molecule has 1 aromatic rings. The van der Waals surface area contributed by atoms with Crippen LogP contribution in [0.5, 0.6) is 0 Å². The zero-order chi connectivity index (χ0) is 10.5. The van der Waals surface area contributed by atoms with Gasteiger partial charge in [-0.25, -0.2) is 0 Å². The molecule has 1 fully saturated rings. The summed E-state index contributed by atoms with van der Waals surface area (Å²) in [6.45, 7) is 0. The molecule has 1 saturated carbocycles. The lowest BCUT2D eigenvalue weighted by atomic mass is 9.85. The predicted molar refractivity (Wildman–Crippen MR) is 56.4 cm³/mol. The van der Waals surface area contributed by atoms with E-state index in [2.05, 4.69) is 5.16 Å². The van der Waals surface area contributed by atoms with Gasteiger partial charge in [0, 0.05) is 12.5 Å². The van der Waals surface area contributed by atoms with Gasteiger partial charge >= 0.3 is 0 Å². The molecule has 3 nitrogen and oxygen atoms in total. The summed E-state index contributed by atoms with van der Waals surface area (Å²) >= 11 is 0. The Balaban J connectivity index is 1.76. The van der Waals surface area contributed by atoms with Gasteiger partial charge < -0.3 is 4.52 Å². The van der Waals surface area contributed by atoms with Crippen molar-refractivity contribution in [2.45, 2.75) is 44.9 Å². The quantitative estimate of drug-likeness (QED) is 0.762. The SMILES string of the molecule is O=C(Cc1ccno1)CC1CCCCC1. The van der Waals surface area contributed by atoms with Gasteiger partial charge in [0.15, 0.2) is 0 Å². The molecule has 2 rings (SSSR count). The second-order valence-corrected chi connectivity index (χ2v) is 4.40. The summed E-state index contributed by atoms with van der Waals surface area (Å²) in [4.78, 5) is 11.7. The van der Waals surface area contributed by atoms with Crippen molar-refractivity contribution in [1.82, 2.24) is 5.16 Å². The summed E-state index contributed by atoms with van der Waals surface area (Å²) in [6, 6.07) is 1.76. The van der Waals surface area contributed by atoms with Crippen LogP contribution in [0.4, 0.5) is 0 Å². The minimum Gasteiger partial charge on any atom is -0.361 e. The summed E-state index contributed by atoms with van der Waals surface area (Å²) in [5.41, 5.74) is 0. The van der Waals surface area contributed by atoms with Gasteiger partial charge in [-0.05, 0) is 5.92 Å². The highest BCUT2D eigenvalue weighted by atomic mass is 16.5. The van der Waals surface area contributed by atoms with Crippen molar-refractivity contribution in [3.63, 3.8) is 0 Å². The largest absolute Gasteiger partial charge is 0.361 e. The van der Waals surface area contributed by atoms with Gasteiger partial charge in [0.05, 0.1) is 12.6 Å². The highest BCUT2D eigenvalue weighted by molar-refractivity contribution is 5.80. The molecular formula is C12H17NO2. The smallest absolute Gasteiger partial charge is 0.144 e. The van der Waals surface area contributed by atoms with Gasteiger partial charge in [0.2, 0.25) is 0 Å². The second kappa shape index (κ2) is 5.10. The number of Topliss-reactive ketones (excluding diaryl/α,β-unsaturated/α-hetero) is 1. The standard InChI is InChI=1S/C12H17NO2/c14-11(9-12-6-7-13-15-12)8-10-4-2-1-3-5-10/h6-7,10H,1-5,8-9H2. The first-order chi connectivity index (χ1) is 7.34. The fourth-order valence-corrected chi connectivity index (χ4v) is 2.31. The van der Waals surface area contributed by atoms with E-state index < -0.39 is 0 Å². The molecule has 82 valence electrons. The van der Waals surface area contributed by atoms with Crippen molar-refractivity contribution in [2.75, 3.05) is 0 Å². The maximum Gasteiger partial charge on any atom is 0.144 e. The third-order valence-electron chi connectivity index (χ3n) is 3.10. The molecule has 1 aliphatic carbocycles. The van der Waals surface area contributed by atoms with E-state index in [0.717, 1.165) is 6.42 Å². The van der Waals surface area contributed by atoms with Crippen LogP contribution in [0.1, 0.15) is 44.3 Å². The lowest BCUT2D eigenvalue weighted by molar-refractivity contribution is -0.119. The minimum absolute atomic E-state index is 0.290. The lowest BCUT2D eigenvalue weighted by Gasteiger charge is -2.20. The molecule has 0 saturated heterocycles. The molecule has 0 atom stereocenters. The number of carbonyl (C=O) groups excluding carboxylic acids is 1. The Kier molecular flexibility index (Phi) is 3.54. The molecule has 0 radical (unpaired) electrons. The molecule has 0 bridgehead atoms. The number of nitrogens with zero attached hydrogens (tertiary/aromatic N) is 1. The molecule has 0 aromatic carbocycles. The Morgan fingerprint density at radius 3 is 2.87 bits per heavy atom. The summed E-state index contributed by atoms with van der Waals surface area (Å²) in [5.74, 6) is 1.60. The van der Waals surface area contributed by atoms with E-state index in [9.17, 15) is 4.79 Å². The van der Waals surface area contributed by atoms with Crippen molar-refractivity contribution >= 4 is 5.78 Å². The summed E-state index contributed by atoms with van der Waals surface area (Å²) in [7, 11) is 0.